The van der Waals surface area contributed by atoms with Crippen molar-refractivity contribution >= 4 is 28.6 Å². The first-order chi connectivity index (χ1) is 20.7. The number of carbonyl (C=O) groups is 1. The fraction of sp³-hybridized carbons (Fsp3) is 0.355. The number of quaternary nitrogens is 1. The summed E-state index contributed by atoms with van der Waals surface area (Å²) in [4.78, 5) is 37.0. The Labute approximate surface area is 249 Å². The van der Waals surface area contributed by atoms with Crippen LogP contribution in [0.1, 0.15) is 32.6 Å². The molecule has 0 radical (unpaired) electrons. The molecule has 1 fully saturated rings. The van der Waals surface area contributed by atoms with Crippen molar-refractivity contribution in [3.05, 3.63) is 76.6 Å². The zero-order valence-corrected chi connectivity index (χ0v) is 24.9. The summed E-state index contributed by atoms with van der Waals surface area (Å²) in [6.45, 7) is 2.87. The quantitative estimate of drug-likeness (QED) is 0.114. The van der Waals surface area contributed by atoms with Gasteiger partial charge in [0, 0.05) is 37.7 Å². The third-order valence-corrected chi connectivity index (χ3v) is 7.66. The van der Waals surface area contributed by atoms with Crippen LogP contribution in [-0.4, -0.2) is 70.1 Å². The lowest BCUT2D eigenvalue weighted by Crippen LogP contribution is -2.40. The number of hydrogen-bond acceptors (Lipinski definition) is 8. The molecule has 0 saturated heterocycles. The summed E-state index contributed by atoms with van der Waals surface area (Å²) in [5.41, 5.74) is 8.04. The van der Waals surface area contributed by atoms with Gasteiger partial charge >= 0.3 is 5.69 Å². The van der Waals surface area contributed by atoms with Gasteiger partial charge in [0.05, 0.1) is 44.7 Å². The number of carbonyl (C=O) groups excluding carboxylic acids is 1. The number of methoxy groups -OCH3 is 1. The molecular weight excluding hydrogens is 550 g/mol. The maximum atomic E-state index is 14.1. The smallest absolute Gasteiger partial charge is 0.339 e. The Kier molecular flexibility index (Phi) is 8.51. The Morgan fingerprint density at radius 3 is 2.65 bits per heavy atom. The molecule has 4 aromatic rings. The molecule has 12 heteroatoms. The molecule has 2 heterocycles. The molecule has 1 aliphatic carbocycles. The third-order valence-electron chi connectivity index (χ3n) is 7.66. The molecule has 1 aliphatic rings. The van der Waals surface area contributed by atoms with Gasteiger partial charge in [-0.2, -0.15) is 0 Å². The molecule has 1 saturated carbocycles. The number of aromatic nitrogens is 4. The van der Waals surface area contributed by atoms with Crippen LogP contribution in [0.15, 0.2) is 65.7 Å². The molecule has 0 spiro atoms. The minimum atomic E-state index is -0.428. The summed E-state index contributed by atoms with van der Waals surface area (Å²) in [7, 11) is 4.82. The number of hydroxylamine groups is 3. The first kappa shape index (κ1) is 29.8. The van der Waals surface area contributed by atoms with Crippen molar-refractivity contribution in [2.45, 2.75) is 38.6 Å². The van der Waals surface area contributed by atoms with Crippen LogP contribution in [0.5, 0.6) is 11.5 Å². The van der Waals surface area contributed by atoms with Crippen molar-refractivity contribution in [1.29, 1.82) is 0 Å². The van der Waals surface area contributed by atoms with Crippen LogP contribution >= 0.6 is 0 Å². The molecule has 0 aliphatic heterocycles. The number of nitrogens with zero attached hydrogens (tertiary/aromatic N) is 6. The minimum Gasteiger partial charge on any atom is -0.633 e. The maximum absolute atomic E-state index is 14.1. The Morgan fingerprint density at radius 1 is 1.16 bits per heavy atom. The molecular formula is C31H37N7O5. The van der Waals surface area contributed by atoms with Gasteiger partial charge in [-0.05, 0) is 42.8 Å². The number of rotatable bonds is 12. The summed E-state index contributed by atoms with van der Waals surface area (Å²) >= 11 is 0. The molecule has 5 rings (SSSR count). The van der Waals surface area contributed by atoms with E-state index in [9.17, 15) is 14.8 Å². The predicted molar refractivity (Wildman–Crippen MR) is 166 cm³/mol. The van der Waals surface area contributed by atoms with E-state index in [1.807, 2.05) is 0 Å². The van der Waals surface area contributed by atoms with Crippen LogP contribution in [0.3, 0.4) is 0 Å². The Hall–Kier alpha value is -4.68. The van der Waals surface area contributed by atoms with E-state index in [2.05, 4.69) is 16.9 Å². The number of amides is 1. The number of imidazole rings is 1. The van der Waals surface area contributed by atoms with Crippen LogP contribution in [0.2, 0.25) is 0 Å². The Bertz CT molecular complexity index is 1720. The molecule has 2 aromatic heterocycles. The number of hydrogen-bond donors (Lipinski definition) is 1. The van der Waals surface area contributed by atoms with Gasteiger partial charge in [-0.3, -0.25) is 9.36 Å². The zero-order valence-electron chi connectivity index (χ0n) is 24.9. The molecule has 0 bridgehead atoms. The first-order valence-electron chi connectivity index (χ1n) is 14.3. The maximum Gasteiger partial charge on any atom is 0.339 e. The van der Waals surface area contributed by atoms with Crippen LogP contribution in [-0.2, 0) is 4.79 Å². The number of benzene rings is 2. The largest absolute Gasteiger partial charge is 0.633 e. The van der Waals surface area contributed by atoms with Crippen molar-refractivity contribution in [1.82, 2.24) is 19.1 Å². The summed E-state index contributed by atoms with van der Waals surface area (Å²) in [6, 6.07) is 12.3. The number of anilines is 2. The molecule has 1 atom stereocenters. The second-order valence-electron chi connectivity index (χ2n) is 10.8. The minimum absolute atomic E-state index is 0.116. The van der Waals surface area contributed by atoms with Crippen molar-refractivity contribution < 1.29 is 18.9 Å². The van der Waals surface area contributed by atoms with Gasteiger partial charge in [0.2, 0.25) is 0 Å². The lowest BCUT2D eigenvalue weighted by molar-refractivity contribution is -0.865. The number of likely N-dealkylation sites (N-methyl/N-ethyl adjacent to an activating group) is 2. The number of ether oxygens (including phenoxy) is 2. The molecule has 12 nitrogen and oxygen atoms in total. The van der Waals surface area contributed by atoms with Crippen LogP contribution < -0.4 is 25.8 Å². The second-order valence-corrected chi connectivity index (χ2v) is 10.8. The van der Waals surface area contributed by atoms with E-state index in [-0.39, 0.29) is 29.0 Å². The van der Waals surface area contributed by atoms with Crippen molar-refractivity contribution in [3.63, 3.8) is 0 Å². The monoisotopic (exact) mass is 587 g/mol. The number of fused-ring (bicyclic) bond motifs is 1. The predicted octanol–water partition coefficient (Wildman–Crippen LogP) is 3.97. The topological polar surface area (TPSA) is 141 Å². The Balaban J connectivity index is 1.50. The van der Waals surface area contributed by atoms with E-state index in [1.54, 1.807) is 69.7 Å². The second kappa shape index (κ2) is 12.3. The van der Waals surface area contributed by atoms with E-state index in [0.717, 1.165) is 25.7 Å². The normalized spacial score (nSPS) is 14.6. The lowest BCUT2D eigenvalue weighted by Gasteiger charge is -2.38. The van der Waals surface area contributed by atoms with Gasteiger partial charge in [-0.25, -0.2) is 19.3 Å². The lowest BCUT2D eigenvalue weighted by atomic mass is 10.2. The van der Waals surface area contributed by atoms with Gasteiger partial charge < -0.3 is 30.0 Å². The van der Waals surface area contributed by atoms with Gasteiger partial charge in [0.15, 0.2) is 23.0 Å². The van der Waals surface area contributed by atoms with E-state index in [0.29, 0.717) is 46.3 Å². The highest BCUT2D eigenvalue weighted by Crippen LogP contribution is 2.32. The average Bonchev–Trinajstić information content (AvgIpc) is 3.82. The SMILES string of the molecule is CCCCOc1ccc(-n2c(=O)n(-c3cccc(N(C)C(=O)/C=C/C[N+](C)([O-])C4CC4)c3)c3ncnc(N)c32)cc1OC. The molecule has 2 aromatic carbocycles. The molecule has 1 amide bonds. The van der Waals surface area contributed by atoms with Crippen molar-refractivity contribution in [2.24, 2.45) is 0 Å². The van der Waals surface area contributed by atoms with E-state index in [4.69, 9.17) is 15.2 Å². The Morgan fingerprint density at radius 2 is 1.93 bits per heavy atom. The average molecular weight is 588 g/mol. The molecule has 1 unspecified atom stereocenters. The van der Waals surface area contributed by atoms with Crippen molar-refractivity contribution in [2.75, 3.05) is 45.0 Å². The fourth-order valence-electron chi connectivity index (χ4n) is 4.97. The van der Waals surface area contributed by atoms with Gasteiger partial charge in [0.1, 0.15) is 11.8 Å². The molecule has 2 N–H and O–H groups in total. The number of nitrogen functional groups attached to an aromatic ring is 1. The van der Waals surface area contributed by atoms with E-state index < -0.39 is 5.69 Å². The summed E-state index contributed by atoms with van der Waals surface area (Å²) in [5.74, 6) is 0.885. The highest BCUT2D eigenvalue weighted by molar-refractivity contribution is 6.01. The van der Waals surface area contributed by atoms with Gasteiger partial charge in [-0.15, -0.1) is 0 Å². The third kappa shape index (κ3) is 6.11. The molecule has 226 valence electrons. The summed E-state index contributed by atoms with van der Waals surface area (Å²) < 4.78 is 13.9. The zero-order chi connectivity index (χ0) is 30.7. The summed E-state index contributed by atoms with van der Waals surface area (Å²) in [6.07, 6.45) is 8.09. The number of unbranched alkanes of at least 4 members (excludes halogenated alkanes) is 1. The first-order valence-corrected chi connectivity index (χ1v) is 14.3. The fourth-order valence-corrected chi connectivity index (χ4v) is 4.97. The molecule has 43 heavy (non-hydrogen) atoms. The van der Waals surface area contributed by atoms with Gasteiger partial charge in [0.25, 0.3) is 5.91 Å². The van der Waals surface area contributed by atoms with E-state index >= 15 is 0 Å². The van der Waals surface area contributed by atoms with Crippen LogP contribution in [0.25, 0.3) is 22.5 Å². The highest BCUT2D eigenvalue weighted by Gasteiger charge is 2.34. The van der Waals surface area contributed by atoms with Gasteiger partial charge in [-0.1, -0.05) is 19.4 Å². The van der Waals surface area contributed by atoms with Crippen LogP contribution in [0, 0.1) is 5.21 Å². The highest BCUT2D eigenvalue weighted by atomic mass is 16.5. The number of nitrogens with two attached hydrogens (primary N) is 1. The van der Waals surface area contributed by atoms with Crippen molar-refractivity contribution in [3.8, 4) is 22.9 Å². The standard InChI is InChI=1S/C31H37N7O5/c1-5-6-17-43-25-15-12-23(19-26(25)42-4)36-28-29(32)33-20-34-30(28)37(31(36)40)22-10-7-9-21(18-22)35(2)27(39)11-8-16-38(3,41)24-13-14-24/h7-12,15,18-20,24H,5-6,13-14,16-17H2,1-4H3,(H2,32,33,34)/b11-8+. The van der Waals surface area contributed by atoms with Crippen LogP contribution in [0.4, 0.5) is 11.5 Å². The van der Waals surface area contributed by atoms with E-state index in [1.165, 1.54) is 26.4 Å². The summed E-state index contributed by atoms with van der Waals surface area (Å²) in [5, 5.41) is 12.6.